The number of nitrogen functional groups attached to an aromatic ring is 1. The average molecular weight is 396 g/mol. The van der Waals surface area contributed by atoms with Gasteiger partial charge in [0.25, 0.3) is 0 Å². The van der Waals surface area contributed by atoms with Gasteiger partial charge < -0.3 is 10.9 Å². The van der Waals surface area contributed by atoms with Crippen molar-refractivity contribution in [3.8, 4) is 11.3 Å². The summed E-state index contributed by atoms with van der Waals surface area (Å²) in [5.41, 5.74) is 7.87. The first-order chi connectivity index (χ1) is 13.9. The molecule has 2 aromatic heterocycles. The molecule has 0 aliphatic carbocycles. The van der Waals surface area contributed by atoms with Gasteiger partial charge in [-0.3, -0.25) is 4.40 Å². The Morgan fingerprint density at radius 3 is 2.41 bits per heavy atom. The minimum atomic E-state index is -4.47. The predicted molar refractivity (Wildman–Crippen MR) is 104 cm³/mol. The number of nitrogens with two attached hydrogens (primary N) is 1. The van der Waals surface area contributed by atoms with Crippen molar-refractivity contribution in [3.63, 3.8) is 0 Å². The van der Waals surface area contributed by atoms with Crippen LogP contribution in [0.5, 0.6) is 0 Å². The summed E-state index contributed by atoms with van der Waals surface area (Å²) in [4.78, 5) is 4.24. The molecule has 0 bridgehead atoms. The first-order valence-corrected chi connectivity index (χ1v) is 8.61. The van der Waals surface area contributed by atoms with Gasteiger partial charge in [-0.25, -0.2) is 4.98 Å². The highest BCUT2D eigenvalue weighted by molar-refractivity contribution is 6.12. The molecular formula is C21H15F3N4O. The molecular weight excluding hydrogens is 381 g/mol. The minimum absolute atomic E-state index is 0.101. The molecule has 2 heterocycles. The number of benzene rings is 2. The molecule has 5 nitrogen and oxygen atoms in total. The van der Waals surface area contributed by atoms with Gasteiger partial charge in [-0.1, -0.05) is 47.6 Å². The Bertz CT molecular complexity index is 1210. The fourth-order valence-electron chi connectivity index (χ4n) is 3.21. The zero-order chi connectivity index (χ0) is 20.6. The van der Waals surface area contributed by atoms with Crippen molar-refractivity contribution in [2.24, 2.45) is 5.16 Å². The Hall–Kier alpha value is -3.81. The number of oxime groups is 1. The third kappa shape index (κ3) is 3.40. The molecule has 0 fully saturated rings. The monoisotopic (exact) mass is 396 g/mol. The molecule has 0 aliphatic rings. The van der Waals surface area contributed by atoms with E-state index >= 15 is 0 Å². The molecule has 0 unspecified atom stereocenters. The Morgan fingerprint density at radius 1 is 0.966 bits per heavy atom. The molecule has 8 heteroatoms. The molecule has 2 aromatic carbocycles. The highest BCUT2D eigenvalue weighted by Crippen LogP contribution is 2.34. The smallest absolute Gasteiger partial charge is 0.410 e. The zero-order valence-electron chi connectivity index (χ0n) is 14.9. The molecule has 0 atom stereocenters. The van der Waals surface area contributed by atoms with Crippen LogP contribution in [0.4, 0.5) is 19.0 Å². The maximum atomic E-state index is 13.1. The largest absolute Gasteiger partial charge is 0.416 e. The number of fused-ring (bicyclic) bond motifs is 1. The van der Waals surface area contributed by atoms with Gasteiger partial charge in [0.1, 0.15) is 11.4 Å². The number of halogens is 3. The van der Waals surface area contributed by atoms with Crippen LogP contribution >= 0.6 is 0 Å². The van der Waals surface area contributed by atoms with Crippen molar-refractivity contribution >= 4 is 17.2 Å². The lowest BCUT2D eigenvalue weighted by molar-refractivity contribution is -0.137. The Balaban J connectivity index is 1.89. The average Bonchev–Trinajstić information content (AvgIpc) is 3.04. The SMILES string of the molecule is Nc1nc2ccc(C(=NO)c3ccccc3)cn2c1-c1cccc(C(F)(F)F)c1. The molecule has 3 N–H and O–H groups in total. The van der Waals surface area contributed by atoms with Crippen molar-refractivity contribution in [1.29, 1.82) is 0 Å². The van der Waals surface area contributed by atoms with E-state index in [0.29, 0.717) is 28.2 Å². The highest BCUT2D eigenvalue weighted by atomic mass is 19.4. The van der Waals surface area contributed by atoms with Gasteiger partial charge in [0.05, 0.1) is 11.3 Å². The van der Waals surface area contributed by atoms with E-state index in [4.69, 9.17) is 5.73 Å². The summed E-state index contributed by atoms with van der Waals surface area (Å²) in [7, 11) is 0. The summed E-state index contributed by atoms with van der Waals surface area (Å²) in [6, 6.07) is 17.3. The first-order valence-electron chi connectivity index (χ1n) is 8.61. The summed E-state index contributed by atoms with van der Waals surface area (Å²) in [5.74, 6) is 0.101. The van der Waals surface area contributed by atoms with Gasteiger partial charge in [-0.05, 0) is 24.3 Å². The number of nitrogens with zero attached hydrogens (tertiary/aromatic N) is 3. The number of hydrogen-bond acceptors (Lipinski definition) is 4. The summed E-state index contributed by atoms with van der Waals surface area (Å²) >= 11 is 0. The molecule has 0 saturated heterocycles. The number of alkyl halides is 3. The third-order valence-corrected chi connectivity index (χ3v) is 4.53. The number of hydrogen-bond donors (Lipinski definition) is 2. The predicted octanol–water partition coefficient (Wildman–Crippen LogP) is 4.83. The standard InChI is InChI=1S/C21H15F3N4O/c22-21(23,24)16-8-4-7-14(11-16)19-20(25)26-17-10-9-15(12-28(17)19)18(27-29)13-5-2-1-3-6-13/h1-12,29H,25H2. The number of aromatic nitrogens is 2. The van der Waals surface area contributed by atoms with Crippen LogP contribution in [-0.2, 0) is 6.18 Å². The van der Waals surface area contributed by atoms with E-state index in [2.05, 4.69) is 10.1 Å². The number of anilines is 1. The van der Waals surface area contributed by atoms with Crippen molar-refractivity contribution in [2.45, 2.75) is 6.18 Å². The lowest BCUT2D eigenvalue weighted by Gasteiger charge is -2.10. The molecule has 29 heavy (non-hydrogen) atoms. The van der Waals surface area contributed by atoms with Crippen LogP contribution < -0.4 is 5.73 Å². The highest BCUT2D eigenvalue weighted by Gasteiger charge is 2.31. The van der Waals surface area contributed by atoms with Crippen LogP contribution in [0.3, 0.4) is 0 Å². The van der Waals surface area contributed by atoms with Crippen molar-refractivity contribution < 1.29 is 18.4 Å². The van der Waals surface area contributed by atoms with Crippen LogP contribution in [0, 0.1) is 0 Å². The van der Waals surface area contributed by atoms with E-state index < -0.39 is 11.7 Å². The molecule has 4 aromatic rings. The maximum absolute atomic E-state index is 13.1. The van der Waals surface area contributed by atoms with Crippen molar-refractivity contribution in [1.82, 2.24) is 9.38 Å². The van der Waals surface area contributed by atoms with Gasteiger partial charge >= 0.3 is 6.18 Å². The second-order valence-electron chi connectivity index (χ2n) is 6.38. The quantitative estimate of drug-likeness (QED) is 0.296. The van der Waals surface area contributed by atoms with Crippen LogP contribution in [0.1, 0.15) is 16.7 Å². The summed E-state index contributed by atoms with van der Waals surface area (Å²) < 4.78 is 41.0. The number of pyridine rings is 1. The van der Waals surface area contributed by atoms with Gasteiger partial charge in [0.2, 0.25) is 0 Å². The van der Waals surface area contributed by atoms with E-state index in [1.807, 2.05) is 18.2 Å². The Morgan fingerprint density at radius 2 is 1.72 bits per heavy atom. The first kappa shape index (κ1) is 18.5. The van der Waals surface area contributed by atoms with Crippen LogP contribution in [0.25, 0.3) is 16.9 Å². The third-order valence-electron chi connectivity index (χ3n) is 4.53. The minimum Gasteiger partial charge on any atom is -0.410 e. The van der Waals surface area contributed by atoms with Gasteiger partial charge in [-0.15, -0.1) is 0 Å². The van der Waals surface area contributed by atoms with E-state index in [9.17, 15) is 18.4 Å². The summed E-state index contributed by atoms with van der Waals surface area (Å²) in [6.07, 6.45) is -2.84. The van der Waals surface area contributed by atoms with Crippen molar-refractivity contribution in [3.05, 3.63) is 89.6 Å². The lowest BCUT2D eigenvalue weighted by Crippen LogP contribution is -2.06. The van der Waals surface area contributed by atoms with E-state index in [1.54, 1.807) is 40.9 Å². The van der Waals surface area contributed by atoms with Crippen LogP contribution in [0.2, 0.25) is 0 Å². The molecule has 0 saturated carbocycles. The van der Waals surface area contributed by atoms with E-state index in [-0.39, 0.29) is 11.4 Å². The molecule has 4 rings (SSSR count). The number of rotatable bonds is 3. The normalized spacial score (nSPS) is 12.4. The van der Waals surface area contributed by atoms with Gasteiger partial charge in [-0.2, -0.15) is 13.2 Å². The second kappa shape index (κ2) is 6.97. The van der Waals surface area contributed by atoms with E-state index in [0.717, 1.165) is 12.1 Å². The topological polar surface area (TPSA) is 75.9 Å². The Kier molecular flexibility index (Phi) is 4.46. The fourth-order valence-corrected chi connectivity index (χ4v) is 3.21. The van der Waals surface area contributed by atoms with Gasteiger partial charge in [0.15, 0.2) is 5.82 Å². The molecule has 0 radical (unpaired) electrons. The zero-order valence-corrected chi connectivity index (χ0v) is 14.9. The van der Waals surface area contributed by atoms with Crippen LogP contribution in [-0.4, -0.2) is 20.3 Å². The van der Waals surface area contributed by atoms with Gasteiger partial charge in [0, 0.05) is 22.9 Å². The summed E-state index contributed by atoms with van der Waals surface area (Å²) in [5, 5.41) is 12.9. The van der Waals surface area contributed by atoms with E-state index in [1.165, 1.54) is 6.07 Å². The lowest BCUT2D eigenvalue weighted by atomic mass is 10.0. The molecule has 0 amide bonds. The van der Waals surface area contributed by atoms with Crippen molar-refractivity contribution in [2.75, 3.05) is 5.73 Å². The molecule has 146 valence electrons. The summed E-state index contributed by atoms with van der Waals surface area (Å²) in [6.45, 7) is 0. The fraction of sp³-hybridized carbons (Fsp3) is 0.0476. The van der Waals surface area contributed by atoms with Crippen LogP contribution in [0.15, 0.2) is 78.1 Å². The molecule has 0 spiro atoms. The molecule has 0 aliphatic heterocycles. The number of imidazole rings is 1. The Labute approximate surface area is 163 Å². The second-order valence-corrected chi connectivity index (χ2v) is 6.38. The maximum Gasteiger partial charge on any atom is 0.416 e.